The molecule has 122 valence electrons. The molecule has 0 N–H and O–H groups in total. The molecule has 0 aliphatic heterocycles. The van der Waals surface area contributed by atoms with E-state index in [0.29, 0.717) is 5.56 Å². The Morgan fingerprint density at radius 3 is 2.00 bits per heavy atom. The normalized spacial score (nSPS) is 10.1. The first-order chi connectivity index (χ1) is 12.3. The van der Waals surface area contributed by atoms with Crippen LogP contribution in [0.2, 0.25) is 0 Å². The minimum atomic E-state index is 0.637. The summed E-state index contributed by atoms with van der Waals surface area (Å²) in [4.78, 5) is 4.90. The van der Waals surface area contributed by atoms with Crippen molar-refractivity contribution in [3.05, 3.63) is 101 Å². The number of nitrogens with zero attached hydrogens (tertiary/aromatic N) is 2. The van der Waals surface area contributed by atoms with Gasteiger partial charge in [0.1, 0.15) is 0 Å². The molecule has 3 aromatic rings. The van der Waals surface area contributed by atoms with Crippen LogP contribution >= 0.6 is 15.9 Å². The van der Waals surface area contributed by atoms with Gasteiger partial charge in [-0.3, -0.25) is 0 Å². The third-order valence-corrected chi connectivity index (χ3v) is 4.22. The molecule has 2 nitrogen and oxygen atoms in total. The van der Waals surface area contributed by atoms with E-state index in [1.807, 2.05) is 54.6 Å². The summed E-state index contributed by atoms with van der Waals surface area (Å²) in [6.45, 7) is 0. The van der Waals surface area contributed by atoms with Gasteiger partial charge in [0.2, 0.25) is 0 Å². The first-order valence-corrected chi connectivity index (χ1v) is 9.22. The predicted octanol–water partition coefficient (Wildman–Crippen LogP) is 5.66. The number of nitriles is 1. The summed E-state index contributed by atoms with van der Waals surface area (Å²) >= 11 is 3.46. The van der Waals surface area contributed by atoms with E-state index in [4.69, 9.17) is 4.99 Å². The Morgan fingerprint density at radius 1 is 0.880 bits per heavy atom. The van der Waals surface area contributed by atoms with E-state index < -0.39 is 0 Å². The molecule has 0 atom stereocenters. The molecule has 0 fully saturated rings. The molecule has 0 unspecified atom stereocenters. The standard InChI is InChI=1S/C22H17BrN2/c23-12-11-17-13-18(16-24)15-21(14-17)25-22(19-7-3-1-4-8-19)20-9-5-2-6-10-20/h1-10,13-15H,11-12H2. The van der Waals surface area contributed by atoms with Gasteiger partial charge in [-0.1, -0.05) is 76.6 Å². The second-order valence-electron chi connectivity index (χ2n) is 5.63. The first kappa shape index (κ1) is 17.1. The molecule has 0 spiro atoms. The van der Waals surface area contributed by atoms with Crippen LogP contribution in [-0.2, 0) is 6.42 Å². The fraction of sp³-hybridized carbons (Fsp3) is 0.0909. The molecule has 0 saturated carbocycles. The molecule has 3 rings (SSSR count). The molecular formula is C22H17BrN2. The summed E-state index contributed by atoms with van der Waals surface area (Å²) in [6, 6.07) is 28.3. The lowest BCUT2D eigenvalue weighted by molar-refractivity contribution is 1.16. The number of benzene rings is 3. The van der Waals surface area contributed by atoms with Crippen molar-refractivity contribution in [1.29, 1.82) is 5.26 Å². The van der Waals surface area contributed by atoms with Gasteiger partial charge in [0.25, 0.3) is 0 Å². The third kappa shape index (κ3) is 4.43. The number of halogens is 1. The van der Waals surface area contributed by atoms with E-state index in [1.165, 1.54) is 0 Å². The Balaban J connectivity index is 2.14. The summed E-state index contributed by atoms with van der Waals surface area (Å²) in [5, 5.41) is 10.2. The molecule has 0 saturated heterocycles. The highest BCUT2D eigenvalue weighted by Gasteiger charge is 2.08. The van der Waals surface area contributed by atoms with Crippen LogP contribution in [0.5, 0.6) is 0 Å². The second kappa shape index (κ2) is 8.41. The highest BCUT2D eigenvalue weighted by molar-refractivity contribution is 9.09. The van der Waals surface area contributed by atoms with Crippen molar-refractivity contribution in [3.63, 3.8) is 0 Å². The topological polar surface area (TPSA) is 36.1 Å². The molecule has 0 aliphatic carbocycles. The predicted molar refractivity (Wildman–Crippen MR) is 107 cm³/mol. The van der Waals surface area contributed by atoms with Crippen LogP contribution < -0.4 is 0 Å². The maximum absolute atomic E-state index is 9.31. The van der Waals surface area contributed by atoms with Crippen LogP contribution in [0.25, 0.3) is 0 Å². The van der Waals surface area contributed by atoms with Gasteiger partial charge in [0, 0.05) is 16.5 Å². The third-order valence-electron chi connectivity index (χ3n) is 3.83. The van der Waals surface area contributed by atoms with Gasteiger partial charge in [-0.2, -0.15) is 5.26 Å². The van der Waals surface area contributed by atoms with E-state index in [-0.39, 0.29) is 0 Å². The van der Waals surface area contributed by atoms with Crippen molar-refractivity contribution in [2.24, 2.45) is 4.99 Å². The average Bonchev–Trinajstić information content (AvgIpc) is 2.67. The number of rotatable bonds is 5. The van der Waals surface area contributed by atoms with Gasteiger partial charge < -0.3 is 0 Å². The van der Waals surface area contributed by atoms with E-state index in [0.717, 1.165) is 39.8 Å². The molecule has 3 heteroatoms. The van der Waals surface area contributed by atoms with Crippen molar-refractivity contribution >= 4 is 27.3 Å². The van der Waals surface area contributed by atoms with Crippen LogP contribution in [-0.4, -0.2) is 11.0 Å². The fourth-order valence-electron chi connectivity index (χ4n) is 2.67. The Hall–Kier alpha value is -2.70. The van der Waals surface area contributed by atoms with Crippen molar-refractivity contribution in [3.8, 4) is 6.07 Å². The summed E-state index contributed by atoms with van der Waals surface area (Å²) in [6.07, 6.45) is 0.865. The lowest BCUT2D eigenvalue weighted by atomic mass is 10.0. The Labute approximate surface area is 156 Å². The van der Waals surface area contributed by atoms with Crippen LogP contribution in [0.3, 0.4) is 0 Å². The highest BCUT2D eigenvalue weighted by Crippen LogP contribution is 2.22. The monoisotopic (exact) mass is 388 g/mol. The Bertz CT molecular complexity index is 868. The van der Waals surface area contributed by atoms with Crippen molar-refractivity contribution < 1.29 is 0 Å². The zero-order valence-electron chi connectivity index (χ0n) is 13.7. The van der Waals surface area contributed by atoms with Gasteiger partial charge in [0.05, 0.1) is 23.0 Å². The molecule has 3 aromatic carbocycles. The molecule has 25 heavy (non-hydrogen) atoms. The lowest BCUT2D eigenvalue weighted by Gasteiger charge is -2.09. The van der Waals surface area contributed by atoms with Gasteiger partial charge >= 0.3 is 0 Å². The lowest BCUT2D eigenvalue weighted by Crippen LogP contribution is -2.02. The molecule has 0 radical (unpaired) electrons. The fourth-order valence-corrected chi connectivity index (χ4v) is 3.13. The molecule has 0 amide bonds. The number of alkyl halides is 1. The van der Waals surface area contributed by atoms with Gasteiger partial charge in [-0.25, -0.2) is 4.99 Å². The summed E-state index contributed by atoms with van der Waals surface area (Å²) in [5.74, 6) is 0. The molecule has 0 aromatic heterocycles. The van der Waals surface area contributed by atoms with Gasteiger partial charge in [-0.15, -0.1) is 0 Å². The smallest absolute Gasteiger partial charge is 0.0992 e. The molecular weight excluding hydrogens is 372 g/mol. The van der Waals surface area contributed by atoms with Gasteiger partial charge in [-0.05, 0) is 30.2 Å². The zero-order chi connectivity index (χ0) is 17.5. The summed E-state index contributed by atoms with van der Waals surface area (Å²) in [5.41, 5.74) is 5.56. The van der Waals surface area contributed by atoms with E-state index in [9.17, 15) is 5.26 Å². The minimum Gasteiger partial charge on any atom is -0.248 e. The highest BCUT2D eigenvalue weighted by atomic mass is 79.9. The minimum absolute atomic E-state index is 0.637. The maximum atomic E-state index is 9.31. The maximum Gasteiger partial charge on any atom is 0.0992 e. The van der Waals surface area contributed by atoms with Crippen LogP contribution in [0.15, 0.2) is 83.9 Å². The number of aryl methyl sites for hydroxylation is 1. The average molecular weight is 389 g/mol. The molecule has 0 bridgehead atoms. The first-order valence-electron chi connectivity index (χ1n) is 8.10. The SMILES string of the molecule is N#Cc1cc(CCBr)cc(N=C(c2ccccc2)c2ccccc2)c1. The quantitative estimate of drug-likeness (QED) is 0.409. The van der Waals surface area contributed by atoms with Crippen LogP contribution in [0.4, 0.5) is 5.69 Å². The van der Waals surface area contributed by atoms with E-state index in [1.54, 1.807) is 0 Å². The summed E-state index contributed by atoms with van der Waals surface area (Å²) < 4.78 is 0. The Kier molecular flexibility index (Phi) is 5.77. The van der Waals surface area contributed by atoms with E-state index >= 15 is 0 Å². The van der Waals surface area contributed by atoms with Crippen LogP contribution in [0.1, 0.15) is 22.3 Å². The zero-order valence-corrected chi connectivity index (χ0v) is 15.3. The van der Waals surface area contributed by atoms with Crippen LogP contribution in [0, 0.1) is 11.3 Å². The summed E-state index contributed by atoms with van der Waals surface area (Å²) in [7, 11) is 0. The van der Waals surface area contributed by atoms with Crippen molar-refractivity contribution in [2.45, 2.75) is 6.42 Å². The molecule has 0 aliphatic rings. The van der Waals surface area contributed by atoms with Crippen molar-refractivity contribution in [1.82, 2.24) is 0 Å². The molecule has 0 heterocycles. The van der Waals surface area contributed by atoms with Gasteiger partial charge in [0.15, 0.2) is 0 Å². The number of hydrogen-bond donors (Lipinski definition) is 0. The largest absolute Gasteiger partial charge is 0.248 e. The van der Waals surface area contributed by atoms with Crippen molar-refractivity contribution in [2.75, 3.05) is 5.33 Å². The number of hydrogen-bond acceptors (Lipinski definition) is 2. The number of aliphatic imine (C=N–C) groups is 1. The second-order valence-corrected chi connectivity index (χ2v) is 6.42. The van der Waals surface area contributed by atoms with E-state index in [2.05, 4.69) is 46.3 Å². The Morgan fingerprint density at radius 2 is 1.48 bits per heavy atom.